The highest BCUT2D eigenvalue weighted by molar-refractivity contribution is 5.87. The van der Waals surface area contributed by atoms with Crippen molar-refractivity contribution in [2.75, 3.05) is 6.61 Å². The molecule has 2 aliphatic rings. The molecule has 1 aromatic heterocycles. The fraction of sp³-hybridized carbons (Fsp3) is 0.476. The predicted octanol–water partition coefficient (Wildman–Crippen LogP) is 4.03. The number of benzene rings is 1. The molecule has 1 aliphatic carbocycles. The third-order valence-corrected chi connectivity index (χ3v) is 5.70. The van der Waals surface area contributed by atoms with Crippen LogP contribution in [-0.2, 0) is 16.0 Å². The van der Waals surface area contributed by atoms with E-state index >= 15 is 0 Å². The summed E-state index contributed by atoms with van der Waals surface area (Å²) >= 11 is 0. The second kappa shape index (κ2) is 7.04. The Labute approximate surface area is 148 Å². The normalized spacial score (nSPS) is 24.0. The first kappa shape index (κ1) is 16.4. The fourth-order valence-corrected chi connectivity index (χ4v) is 4.50. The quantitative estimate of drug-likeness (QED) is 0.654. The van der Waals surface area contributed by atoms with Gasteiger partial charge in [-0.25, -0.2) is 0 Å². The van der Waals surface area contributed by atoms with Gasteiger partial charge in [-0.15, -0.1) is 0 Å². The number of esters is 1. The van der Waals surface area contributed by atoms with E-state index in [2.05, 4.69) is 41.1 Å². The lowest BCUT2D eigenvalue weighted by atomic mass is 9.79. The Morgan fingerprint density at radius 1 is 1.24 bits per heavy atom. The number of carbonyl (C=O) groups is 1. The number of fused-ring (bicyclic) bond motifs is 3. The molecule has 4 rings (SSSR count). The number of nitrogens with one attached hydrogen (secondary N) is 2. The van der Waals surface area contributed by atoms with E-state index in [4.69, 9.17) is 4.74 Å². The second-order valence-electron chi connectivity index (χ2n) is 7.28. The molecule has 2 heterocycles. The molecular formula is C21H26N2O2. The maximum atomic E-state index is 12.5. The van der Waals surface area contributed by atoms with Crippen molar-refractivity contribution >= 4 is 16.9 Å². The van der Waals surface area contributed by atoms with Crippen molar-refractivity contribution < 1.29 is 9.53 Å². The standard InChI is InChI=1S/C21H26N2O2/c1-2-12-25-21(24)18-13-16-15-10-6-7-11-17(15)22-20(16)19(23-18)14-8-4-3-5-9-14/h2,6-7,10-11,14,18-19,22-23H,1,3-5,8-9,12-13H2/t18-,19?/m0/s1. The Morgan fingerprint density at radius 2 is 2.04 bits per heavy atom. The molecule has 0 bridgehead atoms. The number of ether oxygens (including phenoxy) is 1. The highest BCUT2D eigenvalue weighted by atomic mass is 16.5. The van der Waals surface area contributed by atoms with Crippen molar-refractivity contribution in [2.45, 2.75) is 50.6 Å². The molecule has 4 heteroatoms. The van der Waals surface area contributed by atoms with Crippen LogP contribution in [0, 0.1) is 5.92 Å². The number of rotatable bonds is 4. The average Bonchev–Trinajstić information content (AvgIpc) is 3.04. The predicted molar refractivity (Wildman–Crippen MR) is 99.4 cm³/mol. The summed E-state index contributed by atoms with van der Waals surface area (Å²) in [6.45, 7) is 3.90. The summed E-state index contributed by atoms with van der Waals surface area (Å²) in [5.74, 6) is 0.409. The number of hydrogen-bond donors (Lipinski definition) is 2. The topological polar surface area (TPSA) is 54.1 Å². The van der Waals surface area contributed by atoms with Gasteiger partial charge in [0.05, 0.1) is 6.04 Å². The molecule has 2 N–H and O–H groups in total. The van der Waals surface area contributed by atoms with E-state index in [-0.39, 0.29) is 24.7 Å². The molecule has 25 heavy (non-hydrogen) atoms. The summed E-state index contributed by atoms with van der Waals surface area (Å²) in [6.07, 6.45) is 8.64. The van der Waals surface area contributed by atoms with Crippen LogP contribution in [0.5, 0.6) is 0 Å². The van der Waals surface area contributed by atoms with E-state index in [1.54, 1.807) is 6.08 Å². The molecule has 1 unspecified atom stereocenters. The van der Waals surface area contributed by atoms with E-state index in [0.717, 1.165) is 5.52 Å². The first-order valence-electron chi connectivity index (χ1n) is 9.41. The second-order valence-corrected chi connectivity index (χ2v) is 7.28. The summed E-state index contributed by atoms with van der Waals surface area (Å²) in [5, 5.41) is 4.85. The molecule has 1 aliphatic heterocycles. The van der Waals surface area contributed by atoms with Crippen molar-refractivity contribution in [2.24, 2.45) is 5.92 Å². The third kappa shape index (κ3) is 3.11. The van der Waals surface area contributed by atoms with Gasteiger partial charge in [-0.3, -0.25) is 10.1 Å². The lowest BCUT2D eigenvalue weighted by Crippen LogP contribution is -2.48. The van der Waals surface area contributed by atoms with Gasteiger partial charge in [-0.05, 0) is 30.4 Å². The van der Waals surface area contributed by atoms with Crippen molar-refractivity contribution in [3.8, 4) is 0 Å². The van der Waals surface area contributed by atoms with Crippen LogP contribution in [0.25, 0.3) is 10.9 Å². The lowest BCUT2D eigenvalue weighted by molar-refractivity contribution is -0.145. The van der Waals surface area contributed by atoms with Crippen molar-refractivity contribution in [3.63, 3.8) is 0 Å². The average molecular weight is 338 g/mol. The molecule has 0 spiro atoms. The van der Waals surface area contributed by atoms with Gasteiger partial charge in [0.1, 0.15) is 12.6 Å². The van der Waals surface area contributed by atoms with Crippen LogP contribution in [0.4, 0.5) is 0 Å². The number of aromatic nitrogens is 1. The molecule has 0 radical (unpaired) electrons. The number of para-hydroxylation sites is 1. The van der Waals surface area contributed by atoms with Gasteiger partial charge in [-0.1, -0.05) is 50.1 Å². The van der Waals surface area contributed by atoms with Crippen molar-refractivity contribution in [3.05, 3.63) is 48.2 Å². The summed E-state index contributed by atoms with van der Waals surface area (Å²) < 4.78 is 5.34. The Balaban J connectivity index is 1.70. The Hall–Kier alpha value is -2.07. The maximum Gasteiger partial charge on any atom is 0.323 e. The van der Waals surface area contributed by atoms with Gasteiger partial charge in [0.2, 0.25) is 0 Å². The molecule has 0 saturated heterocycles. The van der Waals surface area contributed by atoms with Crippen molar-refractivity contribution in [1.82, 2.24) is 10.3 Å². The molecule has 132 valence electrons. The molecule has 2 aromatic rings. The van der Waals surface area contributed by atoms with E-state index in [1.807, 2.05) is 0 Å². The zero-order chi connectivity index (χ0) is 17.2. The molecule has 2 atom stereocenters. The third-order valence-electron chi connectivity index (χ3n) is 5.70. The van der Waals surface area contributed by atoms with E-state index in [9.17, 15) is 4.79 Å². The van der Waals surface area contributed by atoms with Gasteiger partial charge >= 0.3 is 5.97 Å². The Kier molecular flexibility index (Phi) is 4.62. The van der Waals surface area contributed by atoms with Crippen LogP contribution in [0.2, 0.25) is 0 Å². The summed E-state index contributed by atoms with van der Waals surface area (Å²) in [7, 11) is 0. The molecule has 0 amide bonds. The highest BCUT2D eigenvalue weighted by Gasteiger charge is 2.37. The minimum absolute atomic E-state index is 0.170. The van der Waals surface area contributed by atoms with Crippen molar-refractivity contribution in [1.29, 1.82) is 0 Å². The zero-order valence-electron chi connectivity index (χ0n) is 14.6. The SMILES string of the molecule is C=CCOC(=O)[C@@H]1Cc2c([nH]c3ccccc23)C(C2CCCCC2)N1. The molecule has 4 nitrogen and oxygen atoms in total. The van der Waals surface area contributed by atoms with Crippen LogP contribution in [0.3, 0.4) is 0 Å². The summed E-state index contributed by atoms with van der Waals surface area (Å²) in [4.78, 5) is 16.1. The minimum atomic E-state index is -0.279. The van der Waals surface area contributed by atoms with E-state index < -0.39 is 0 Å². The maximum absolute atomic E-state index is 12.5. The summed E-state index contributed by atoms with van der Waals surface area (Å²) in [6, 6.07) is 8.33. The van der Waals surface area contributed by atoms with Gasteiger partial charge in [0, 0.05) is 23.0 Å². The van der Waals surface area contributed by atoms with Crippen LogP contribution >= 0.6 is 0 Å². The fourth-order valence-electron chi connectivity index (χ4n) is 4.50. The van der Waals surface area contributed by atoms with Crippen LogP contribution < -0.4 is 5.32 Å². The monoisotopic (exact) mass is 338 g/mol. The van der Waals surface area contributed by atoms with Gasteiger partial charge in [0.15, 0.2) is 0 Å². The van der Waals surface area contributed by atoms with Gasteiger partial charge < -0.3 is 9.72 Å². The van der Waals surface area contributed by atoms with Crippen LogP contribution in [-0.4, -0.2) is 23.6 Å². The molecule has 1 fully saturated rings. The molecule has 1 aromatic carbocycles. The number of H-pyrrole nitrogens is 1. The first-order valence-corrected chi connectivity index (χ1v) is 9.41. The zero-order valence-corrected chi connectivity index (χ0v) is 14.6. The van der Waals surface area contributed by atoms with E-state index in [1.165, 1.54) is 48.7 Å². The van der Waals surface area contributed by atoms with Gasteiger partial charge in [0.25, 0.3) is 0 Å². The number of carbonyl (C=O) groups excluding carboxylic acids is 1. The smallest absolute Gasteiger partial charge is 0.323 e. The number of aromatic amines is 1. The molecule has 1 saturated carbocycles. The van der Waals surface area contributed by atoms with E-state index in [0.29, 0.717) is 12.3 Å². The number of hydrogen-bond acceptors (Lipinski definition) is 3. The van der Waals surface area contributed by atoms with Crippen LogP contribution in [0.15, 0.2) is 36.9 Å². The minimum Gasteiger partial charge on any atom is -0.460 e. The largest absolute Gasteiger partial charge is 0.460 e. The molecular weight excluding hydrogens is 312 g/mol. The Bertz CT molecular complexity index is 773. The highest BCUT2D eigenvalue weighted by Crippen LogP contribution is 2.40. The van der Waals surface area contributed by atoms with Gasteiger partial charge in [-0.2, -0.15) is 0 Å². The Morgan fingerprint density at radius 3 is 2.84 bits per heavy atom. The van der Waals surface area contributed by atoms with Crippen LogP contribution in [0.1, 0.15) is 49.4 Å². The first-order chi connectivity index (χ1) is 12.3. The summed E-state index contributed by atoms with van der Waals surface area (Å²) in [5.41, 5.74) is 3.72. The lowest BCUT2D eigenvalue weighted by Gasteiger charge is -2.37.